The van der Waals surface area contributed by atoms with Crippen LogP contribution in [0.1, 0.15) is 31.9 Å². The van der Waals surface area contributed by atoms with Crippen molar-refractivity contribution in [3.63, 3.8) is 0 Å². The average molecular weight is 346 g/mol. The van der Waals surface area contributed by atoms with Crippen molar-refractivity contribution in [2.75, 3.05) is 32.1 Å². The number of anilines is 1. The maximum Gasteiger partial charge on any atom is 0.310 e. The van der Waals surface area contributed by atoms with E-state index in [4.69, 9.17) is 0 Å². The Balaban J connectivity index is 2.01. The Morgan fingerprint density at radius 1 is 1.20 bits per heavy atom. The predicted octanol–water partition coefficient (Wildman–Crippen LogP) is 0.667. The summed E-state index contributed by atoms with van der Waals surface area (Å²) < 4.78 is 0. The van der Waals surface area contributed by atoms with E-state index >= 15 is 0 Å². The van der Waals surface area contributed by atoms with E-state index in [9.17, 15) is 14.4 Å². The molecule has 25 heavy (non-hydrogen) atoms. The van der Waals surface area contributed by atoms with Crippen LogP contribution in [-0.2, 0) is 14.4 Å². The summed E-state index contributed by atoms with van der Waals surface area (Å²) in [5, 5.41) is 5.15. The van der Waals surface area contributed by atoms with Gasteiger partial charge in [0.05, 0.1) is 0 Å². The van der Waals surface area contributed by atoms with Gasteiger partial charge in [0.15, 0.2) is 0 Å². The molecule has 2 rings (SSSR count). The number of hydrogen-bond donors (Lipinski definition) is 2. The van der Waals surface area contributed by atoms with Gasteiger partial charge in [-0.15, -0.1) is 0 Å². The lowest BCUT2D eigenvalue weighted by Crippen LogP contribution is -2.45. The van der Waals surface area contributed by atoms with Gasteiger partial charge in [0.2, 0.25) is 0 Å². The first-order chi connectivity index (χ1) is 11.8. The van der Waals surface area contributed by atoms with Crippen LogP contribution in [0.2, 0.25) is 0 Å². The predicted molar refractivity (Wildman–Crippen MR) is 96.1 cm³/mol. The second-order valence-electron chi connectivity index (χ2n) is 6.68. The molecule has 0 spiro atoms. The number of carbonyl (C=O) groups excluding carboxylic acids is 3. The van der Waals surface area contributed by atoms with Crippen LogP contribution in [0.15, 0.2) is 24.3 Å². The Morgan fingerprint density at radius 2 is 1.88 bits per heavy atom. The fourth-order valence-corrected chi connectivity index (χ4v) is 2.89. The van der Waals surface area contributed by atoms with Gasteiger partial charge in [-0.05, 0) is 47.0 Å². The van der Waals surface area contributed by atoms with Crippen LogP contribution in [-0.4, -0.2) is 55.8 Å². The first kappa shape index (κ1) is 18.9. The highest BCUT2D eigenvalue weighted by atomic mass is 16.2. The normalized spacial score (nSPS) is 16.3. The number of para-hydroxylation sites is 1. The number of benzene rings is 1. The molecule has 136 valence electrons. The van der Waals surface area contributed by atoms with Crippen LogP contribution in [0.3, 0.4) is 0 Å². The molecule has 0 radical (unpaired) electrons. The lowest BCUT2D eigenvalue weighted by atomic mass is 10.1. The molecule has 1 aromatic rings. The number of nitrogens with zero attached hydrogens (tertiary/aromatic N) is 2. The van der Waals surface area contributed by atoms with Crippen LogP contribution in [0, 0.1) is 0 Å². The zero-order valence-corrected chi connectivity index (χ0v) is 15.2. The van der Waals surface area contributed by atoms with Crippen molar-refractivity contribution in [2.45, 2.75) is 32.4 Å². The van der Waals surface area contributed by atoms with Crippen molar-refractivity contribution in [3.8, 4) is 0 Å². The van der Waals surface area contributed by atoms with Gasteiger partial charge < -0.3 is 20.4 Å². The molecule has 1 aromatic carbocycles. The van der Waals surface area contributed by atoms with Crippen LogP contribution in [0.4, 0.5) is 5.69 Å². The number of amides is 3. The number of nitrogens with one attached hydrogen (secondary N) is 2. The molecule has 1 heterocycles. The van der Waals surface area contributed by atoms with Gasteiger partial charge in [-0.1, -0.05) is 18.2 Å². The van der Waals surface area contributed by atoms with Crippen molar-refractivity contribution in [1.29, 1.82) is 0 Å². The fourth-order valence-electron chi connectivity index (χ4n) is 2.89. The Kier molecular flexibility index (Phi) is 6.14. The molecule has 0 saturated carbocycles. The van der Waals surface area contributed by atoms with Crippen molar-refractivity contribution >= 4 is 23.4 Å². The van der Waals surface area contributed by atoms with Crippen molar-refractivity contribution in [1.82, 2.24) is 15.5 Å². The highest BCUT2D eigenvalue weighted by Crippen LogP contribution is 2.36. The zero-order chi connectivity index (χ0) is 18.6. The molecule has 7 heteroatoms. The summed E-state index contributed by atoms with van der Waals surface area (Å²) in [5.74, 6) is -1.72. The Morgan fingerprint density at radius 3 is 2.52 bits per heavy atom. The monoisotopic (exact) mass is 346 g/mol. The second-order valence-corrected chi connectivity index (χ2v) is 6.68. The standard InChI is InChI=1S/C18H26N4O3/c1-12(2)22-14-9-6-5-8-13(14)15(18(22)25)20-17(24)16(23)19-10-7-11-21(3)4/h5-6,8-9,12,15H,7,10-11H2,1-4H3,(H,19,23)(H,20,24). The Labute approximate surface area is 148 Å². The molecule has 1 atom stereocenters. The number of carbonyl (C=O) groups is 3. The van der Waals surface area contributed by atoms with Gasteiger partial charge in [0.1, 0.15) is 6.04 Å². The second kappa shape index (κ2) is 8.11. The maximum atomic E-state index is 12.7. The summed E-state index contributed by atoms with van der Waals surface area (Å²) in [4.78, 5) is 40.4. The number of rotatable bonds is 6. The van der Waals surface area contributed by atoms with Crippen molar-refractivity contribution < 1.29 is 14.4 Å². The molecule has 0 saturated heterocycles. The van der Waals surface area contributed by atoms with Gasteiger partial charge in [-0.3, -0.25) is 14.4 Å². The molecule has 1 unspecified atom stereocenters. The molecular formula is C18H26N4O3. The topological polar surface area (TPSA) is 81.8 Å². The first-order valence-electron chi connectivity index (χ1n) is 8.48. The lowest BCUT2D eigenvalue weighted by Gasteiger charge is -2.22. The van der Waals surface area contributed by atoms with E-state index < -0.39 is 17.9 Å². The minimum atomic E-state index is -0.821. The smallest absolute Gasteiger partial charge is 0.310 e. The SMILES string of the molecule is CC(C)N1C(=O)C(NC(=O)C(=O)NCCCN(C)C)c2ccccc21. The van der Waals surface area contributed by atoms with E-state index in [-0.39, 0.29) is 11.9 Å². The molecule has 0 bridgehead atoms. The summed E-state index contributed by atoms with van der Waals surface area (Å²) >= 11 is 0. The fraction of sp³-hybridized carbons (Fsp3) is 0.500. The molecule has 7 nitrogen and oxygen atoms in total. The first-order valence-corrected chi connectivity index (χ1v) is 8.48. The average Bonchev–Trinajstić information content (AvgIpc) is 2.83. The third-order valence-electron chi connectivity index (χ3n) is 4.06. The minimum Gasteiger partial charge on any atom is -0.348 e. The summed E-state index contributed by atoms with van der Waals surface area (Å²) in [6.45, 7) is 5.06. The maximum absolute atomic E-state index is 12.7. The third-order valence-corrected chi connectivity index (χ3v) is 4.06. The molecule has 0 aliphatic carbocycles. The molecule has 1 aliphatic heterocycles. The van der Waals surface area contributed by atoms with E-state index in [1.54, 1.807) is 11.0 Å². The third kappa shape index (κ3) is 4.36. The molecule has 2 N–H and O–H groups in total. The number of fused-ring (bicyclic) bond motifs is 1. The molecular weight excluding hydrogens is 320 g/mol. The molecule has 3 amide bonds. The van der Waals surface area contributed by atoms with E-state index in [2.05, 4.69) is 10.6 Å². The van der Waals surface area contributed by atoms with Gasteiger partial charge in [-0.25, -0.2) is 0 Å². The molecule has 0 fully saturated rings. The largest absolute Gasteiger partial charge is 0.348 e. The number of hydrogen-bond acceptors (Lipinski definition) is 4. The summed E-state index contributed by atoms with van der Waals surface area (Å²) in [5.41, 5.74) is 1.49. The Hall–Kier alpha value is -2.41. The van der Waals surface area contributed by atoms with E-state index in [1.165, 1.54) is 0 Å². The zero-order valence-electron chi connectivity index (χ0n) is 15.2. The van der Waals surface area contributed by atoms with Gasteiger partial charge >= 0.3 is 11.8 Å². The quantitative estimate of drug-likeness (QED) is 0.586. The van der Waals surface area contributed by atoms with E-state index in [0.29, 0.717) is 6.54 Å². The van der Waals surface area contributed by atoms with Crippen LogP contribution < -0.4 is 15.5 Å². The highest BCUT2D eigenvalue weighted by Gasteiger charge is 2.39. The van der Waals surface area contributed by atoms with Crippen molar-refractivity contribution in [2.24, 2.45) is 0 Å². The van der Waals surface area contributed by atoms with Crippen LogP contribution in [0.5, 0.6) is 0 Å². The Bertz CT molecular complexity index is 657. The van der Waals surface area contributed by atoms with Crippen LogP contribution >= 0.6 is 0 Å². The highest BCUT2D eigenvalue weighted by molar-refractivity contribution is 6.35. The van der Waals surface area contributed by atoms with Gasteiger partial charge in [0, 0.05) is 23.8 Å². The van der Waals surface area contributed by atoms with Gasteiger partial charge in [-0.2, -0.15) is 0 Å². The lowest BCUT2D eigenvalue weighted by molar-refractivity contribution is -0.140. The summed E-state index contributed by atoms with van der Waals surface area (Å²) in [6.07, 6.45) is 0.748. The van der Waals surface area contributed by atoms with E-state index in [1.807, 2.05) is 51.0 Å². The van der Waals surface area contributed by atoms with Crippen molar-refractivity contribution in [3.05, 3.63) is 29.8 Å². The van der Waals surface area contributed by atoms with Crippen LogP contribution in [0.25, 0.3) is 0 Å². The summed E-state index contributed by atoms with van der Waals surface area (Å²) in [7, 11) is 3.89. The summed E-state index contributed by atoms with van der Waals surface area (Å²) in [6, 6.07) is 6.46. The molecule has 1 aliphatic rings. The minimum absolute atomic E-state index is 0.0320. The van der Waals surface area contributed by atoms with Gasteiger partial charge in [0.25, 0.3) is 5.91 Å². The van der Waals surface area contributed by atoms with E-state index in [0.717, 1.165) is 24.2 Å². The molecule has 0 aromatic heterocycles.